The van der Waals surface area contributed by atoms with Crippen LogP contribution in [0.25, 0.3) is 11.2 Å². The summed E-state index contributed by atoms with van der Waals surface area (Å²) in [5.41, 5.74) is -0.102. The van der Waals surface area contributed by atoms with Crippen molar-refractivity contribution >= 4 is 40.8 Å². The van der Waals surface area contributed by atoms with Gasteiger partial charge in [-0.3, -0.25) is 24.0 Å². The minimum absolute atomic E-state index is 0.0202. The third-order valence-electron chi connectivity index (χ3n) is 7.38. The number of piperidine rings is 1. The fourth-order valence-corrected chi connectivity index (χ4v) is 5.23. The van der Waals surface area contributed by atoms with Crippen LogP contribution in [-0.2, 0) is 29.6 Å². The zero-order valence-electron chi connectivity index (χ0n) is 27.8. The van der Waals surface area contributed by atoms with Crippen LogP contribution in [0.4, 0.5) is 21.2 Å². The SMILES string of the molecule is C=CCOC(=O)Nc1cccc(C(=O)Cn2c(=O)c3c(nc(N4CCCC(NC(=O)OC(C)(C)C)C4)n3CC=C(C)C)n(C)c2=O)c1. The molecule has 2 N–H and O–H groups in total. The van der Waals surface area contributed by atoms with Crippen molar-refractivity contribution in [2.45, 2.75) is 72.2 Å². The smallest absolute Gasteiger partial charge is 0.411 e. The number of allylic oxidation sites excluding steroid dienone is 2. The Labute approximate surface area is 272 Å². The summed E-state index contributed by atoms with van der Waals surface area (Å²) < 4.78 is 14.3. The second kappa shape index (κ2) is 14.5. The van der Waals surface area contributed by atoms with Crippen molar-refractivity contribution in [2.24, 2.45) is 7.05 Å². The summed E-state index contributed by atoms with van der Waals surface area (Å²) in [5, 5.41) is 5.47. The third kappa shape index (κ3) is 8.57. The predicted octanol–water partition coefficient (Wildman–Crippen LogP) is 3.97. The zero-order chi connectivity index (χ0) is 34.5. The minimum atomic E-state index is -0.717. The van der Waals surface area contributed by atoms with Gasteiger partial charge in [-0.2, -0.15) is 4.98 Å². The number of aryl methyl sites for hydroxylation is 1. The first-order chi connectivity index (χ1) is 22.2. The van der Waals surface area contributed by atoms with Gasteiger partial charge in [-0.25, -0.2) is 14.4 Å². The average Bonchev–Trinajstić information content (AvgIpc) is 3.39. The number of alkyl carbamates (subject to hydrolysis) is 1. The highest BCUT2D eigenvalue weighted by atomic mass is 16.6. The Hall–Kier alpha value is -5.14. The van der Waals surface area contributed by atoms with Crippen LogP contribution in [0.2, 0.25) is 0 Å². The summed E-state index contributed by atoms with van der Waals surface area (Å²) in [6, 6.07) is 5.92. The molecule has 4 rings (SSSR count). The van der Waals surface area contributed by atoms with Gasteiger partial charge >= 0.3 is 17.9 Å². The van der Waals surface area contributed by atoms with Gasteiger partial charge in [0, 0.05) is 44.0 Å². The molecule has 3 aromatic rings. The number of hydrogen-bond donors (Lipinski definition) is 2. The van der Waals surface area contributed by atoms with E-state index in [4.69, 9.17) is 14.5 Å². The first-order valence-electron chi connectivity index (χ1n) is 15.4. The number of imidazole rings is 1. The van der Waals surface area contributed by atoms with E-state index in [1.165, 1.54) is 29.8 Å². The number of carbonyl (C=O) groups is 3. The van der Waals surface area contributed by atoms with E-state index in [-0.39, 0.29) is 29.4 Å². The molecular formula is C33H43N7O7. The molecule has 1 aromatic carbocycles. The molecule has 47 heavy (non-hydrogen) atoms. The Morgan fingerprint density at radius 2 is 1.87 bits per heavy atom. The van der Waals surface area contributed by atoms with E-state index < -0.39 is 41.4 Å². The van der Waals surface area contributed by atoms with E-state index >= 15 is 0 Å². The Morgan fingerprint density at radius 3 is 2.55 bits per heavy atom. The number of nitrogens with zero attached hydrogens (tertiary/aromatic N) is 5. The lowest BCUT2D eigenvalue weighted by Gasteiger charge is -2.34. The summed E-state index contributed by atoms with van der Waals surface area (Å²) in [4.78, 5) is 72.1. The molecule has 252 valence electrons. The Morgan fingerprint density at radius 1 is 1.13 bits per heavy atom. The molecular weight excluding hydrogens is 606 g/mol. The second-order valence-electron chi connectivity index (χ2n) is 12.7. The minimum Gasteiger partial charge on any atom is -0.445 e. The van der Waals surface area contributed by atoms with Gasteiger partial charge in [-0.15, -0.1) is 0 Å². The molecule has 1 fully saturated rings. The molecule has 1 unspecified atom stereocenters. The molecule has 0 saturated carbocycles. The number of benzene rings is 1. The van der Waals surface area contributed by atoms with Crippen LogP contribution in [0.1, 0.15) is 57.8 Å². The monoisotopic (exact) mass is 649 g/mol. The molecule has 1 atom stereocenters. The molecule has 2 amide bonds. The molecule has 14 nitrogen and oxygen atoms in total. The number of aromatic nitrogens is 4. The molecule has 3 heterocycles. The topological polar surface area (TPSA) is 159 Å². The van der Waals surface area contributed by atoms with Crippen LogP contribution < -0.4 is 26.8 Å². The van der Waals surface area contributed by atoms with Crippen molar-refractivity contribution in [3.63, 3.8) is 0 Å². The number of ketones is 1. The maximum atomic E-state index is 14.0. The highest BCUT2D eigenvalue weighted by Gasteiger charge is 2.29. The maximum absolute atomic E-state index is 14.0. The summed E-state index contributed by atoms with van der Waals surface area (Å²) in [7, 11) is 1.51. The van der Waals surface area contributed by atoms with Crippen molar-refractivity contribution in [1.29, 1.82) is 0 Å². The number of ether oxygens (including phenoxy) is 2. The van der Waals surface area contributed by atoms with Gasteiger partial charge in [0.15, 0.2) is 16.9 Å². The van der Waals surface area contributed by atoms with Crippen molar-refractivity contribution < 1.29 is 23.9 Å². The van der Waals surface area contributed by atoms with Gasteiger partial charge in [0.25, 0.3) is 5.56 Å². The highest BCUT2D eigenvalue weighted by Crippen LogP contribution is 2.24. The summed E-state index contributed by atoms with van der Waals surface area (Å²) in [6.07, 6.45) is 3.64. The van der Waals surface area contributed by atoms with Crippen LogP contribution >= 0.6 is 0 Å². The van der Waals surface area contributed by atoms with E-state index in [2.05, 4.69) is 17.2 Å². The van der Waals surface area contributed by atoms with E-state index in [0.29, 0.717) is 31.3 Å². The van der Waals surface area contributed by atoms with Gasteiger partial charge in [0.05, 0.1) is 6.54 Å². The number of rotatable bonds is 10. The van der Waals surface area contributed by atoms with Crippen LogP contribution in [0, 0.1) is 0 Å². The normalized spacial score (nSPS) is 14.8. The van der Waals surface area contributed by atoms with Crippen LogP contribution in [0.5, 0.6) is 0 Å². The third-order valence-corrected chi connectivity index (χ3v) is 7.38. The first kappa shape index (κ1) is 34.7. The molecule has 0 bridgehead atoms. The predicted molar refractivity (Wildman–Crippen MR) is 179 cm³/mol. The van der Waals surface area contributed by atoms with Crippen molar-refractivity contribution in [3.8, 4) is 0 Å². The lowest BCUT2D eigenvalue weighted by Crippen LogP contribution is -2.49. The van der Waals surface area contributed by atoms with Gasteiger partial charge in [0.1, 0.15) is 12.2 Å². The first-order valence-corrected chi connectivity index (χ1v) is 15.4. The number of amides is 2. The van der Waals surface area contributed by atoms with Gasteiger partial charge in [-0.05, 0) is 59.6 Å². The summed E-state index contributed by atoms with van der Waals surface area (Å²) >= 11 is 0. The number of hydrogen-bond acceptors (Lipinski definition) is 9. The number of fused-ring (bicyclic) bond motifs is 1. The van der Waals surface area contributed by atoms with Crippen LogP contribution in [0.15, 0.2) is 58.2 Å². The van der Waals surface area contributed by atoms with E-state index in [9.17, 15) is 24.0 Å². The van der Waals surface area contributed by atoms with E-state index in [1.807, 2.05) is 24.8 Å². The Kier molecular flexibility index (Phi) is 10.7. The molecule has 0 spiro atoms. The van der Waals surface area contributed by atoms with Gasteiger partial charge in [0.2, 0.25) is 5.95 Å². The highest BCUT2D eigenvalue weighted by molar-refractivity contribution is 5.97. The molecule has 1 aliphatic rings. The largest absolute Gasteiger partial charge is 0.445 e. The molecule has 0 radical (unpaired) electrons. The molecule has 0 aliphatic carbocycles. The fraction of sp³-hybridized carbons (Fsp3) is 0.455. The molecule has 1 aliphatic heterocycles. The maximum Gasteiger partial charge on any atom is 0.411 e. The van der Waals surface area contributed by atoms with E-state index in [0.717, 1.165) is 23.0 Å². The van der Waals surface area contributed by atoms with E-state index in [1.54, 1.807) is 37.5 Å². The molecule has 2 aromatic heterocycles. The van der Waals surface area contributed by atoms with Crippen molar-refractivity contribution in [3.05, 3.63) is 75.0 Å². The Bertz CT molecular complexity index is 1820. The lowest BCUT2D eigenvalue weighted by atomic mass is 10.1. The molecule has 1 saturated heterocycles. The zero-order valence-corrected chi connectivity index (χ0v) is 27.8. The fourth-order valence-electron chi connectivity index (χ4n) is 5.23. The van der Waals surface area contributed by atoms with Crippen molar-refractivity contribution in [2.75, 3.05) is 29.9 Å². The second-order valence-corrected chi connectivity index (χ2v) is 12.7. The number of nitrogens with one attached hydrogen (secondary N) is 2. The van der Waals surface area contributed by atoms with Crippen molar-refractivity contribution in [1.82, 2.24) is 24.0 Å². The lowest BCUT2D eigenvalue weighted by molar-refractivity contribution is 0.0499. The summed E-state index contributed by atoms with van der Waals surface area (Å²) in [6.45, 7) is 13.6. The van der Waals surface area contributed by atoms with Crippen LogP contribution in [0.3, 0.4) is 0 Å². The number of anilines is 2. The van der Waals surface area contributed by atoms with Crippen LogP contribution in [-0.4, -0.2) is 68.0 Å². The van der Waals surface area contributed by atoms with Gasteiger partial charge in [-0.1, -0.05) is 36.4 Å². The summed E-state index contributed by atoms with van der Waals surface area (Å²) in [5.74, 6) is -0.0270. The number of carbonyl (C=O) groups excluding carboxylic acids is 3. The average molecular weight is 650 g/mol. The quantitative estimate of drug-likeness (QED) is 0.245. The number of Topliss-reactive ketones (excluding diaryl/α,β-unsaturated/α-hetero) is 1. The van der Waals surface area contributed by atoms with Gasteiger partial charge < -0.3 is 24.3 Å². The Balaban J connectivity index is 1.69. The standard InChI is InChI=1S/C33H43N7O7/c1-8-17-46-30(43)34-23-12-9-11-22(18-23)25(41)20-40-28(42)26-27(37(7)32(40)45)36-29(39(26)16-14-21(2)3)38-15-10-13-24(19-38)35-31(44)47-33(4,5)6/h8-9,11-12,14,18,24H,1,10,13,15-17,19-20H2,2-7H3,(H,34,43)(H,35,44). The molecule has 14 heteroatoms.